The maximum Gasteiger partial charge on any atom is 0.417 e. The summed E-state index contributed by atoms with van der Waals surface area (Å²) in [6, 6.07) is 3.17. The number of fused-ring (bicyclic) bond motifs is 1. The van der Waals surface area contributed by atoms with E-state index in [4.69, 9.17) is 11.6 Å². The van der Waals surface area contributed by atoms with Crippen LogP contribution in [0.15, 0.2) is 23.4 Å². The monoisotopic (exact) mass is 474 g/mol. The molecule has 3 N–H and O–H groups in total. The normalized spacial score (nSPS) is 11.5. The number of rotatable bonds is 8. The first-order chi connectivity index (χ1) is 14.7. The molecule has 0 fully saturated rings. The molecule has 1 amide bonds. The Hall–Kier alpha value is -2.80. The van der Waals surface area contributed by atoms with Crippen LogP contribution in [0.5, 0.6) is 0 Å². The lowest BCUT2D eigenvalue weighted by molar-refractivity contribution is -0.137. The van der Waals surface area contributed by atoms with Crippen LogP contribution in [-0.2, 0) is 11.0 Å². The van der Waals surface area contributed by atoms with Gasteiger partial charge in [0.1, 0.15) is 0 Å². The molecule has 0 spiro atoms. The number of halogens is 4. The summed E-state index contributed by atoms with van der Waals surface area (Å²) in [4.78, 5) is 20.9. The van der Waals surface area contributed by atoms with Crippen molar-refractivity contribution in [2.24, 2.45) is 0 Å². The topological polar surface area (TPSA) is 109 Å². The molecule has 0 bridgehead atoms. The molecule has 3 rings (SSSR count). The zero-order valence-electron chi connectivity index (χ0n) is 16.4. The van der Waals surface area contributed by atoms with Crippen molar-refractivity contribution in [3.63, 3.8) is 0 Å². The van der Waals surface area contributed by atoms with Crippen molar-refractivity contribution < 1.29 is 18.0 Å². The number of thioether (sulfide) groups is 1. The molecule has 166 valence electrons. The van der Waals surface area contributed by atoms with E-state index in [-0.39, 0.29) is 17.2 Å². The van der Waals surface area contributed by atoms with Gasteiger partial charge in [0.25, 0.3) is 5.78 Å². The number of aromatic nitrogens is 5. The Labute approximate surface area is 184 Å². The first-order valence-electron chi connectivity index (χ1n) is 9.13. The van der Waals surface area contributed by atoms with Gasteiger partial charge in [-0.1, -0.05) is 23.4 Å². The molecule has 14 heteroatoms. The van der Waals surface area contributed by atoms with Gasteiger partial charge in [0.15, 0.2) is 5.16 Å². The molecular formula is C17H18ClF3N8OS. The van der Waals surface area contributed by atoms with E-state index < -0.39 is 22.7 Å². The van der Waals surface area contributed by atoms with E-state index in [0.29, 0.717) is 30.1 Å². The second-order valence-corrected chi connectivity index (χ2v) is 7.43. The van der Waals surface area contributed by atoms with Gasteiger partial charge >= 0.3 is 6.18 Å². The van der Waals surface area contributed by atoms with Gasteiger partial charge in [-0.05, 0) is 32.0 Å². The molecule has 0 aliphatic carbocycles. The molecule has 31 heavy (non-hydrogen) atoms. The summed E-state index contributed by atoms with van der Waals surface area (Å²) in [7, 11) is 0. The third kappa shape index (κ3) is 5.47. The fourth-order valence-electron chi connectivity index (χ4n) is 2.54. The largest absolute Gasteiger partial charge is 0.417 e. The van der Waals surface area contributed by atoms with Crippen molar-refractivity contribution >= 4 is 52.6 Å². The van der Waals surface area contributed by atoms with Gasteiger partial charge in [-0.2, -0.15) is 23.1 Å². The number of anilines is 3. The van der Waals surface area contributed by atoms with Crippen LogP contribution in [0.25, 0.3) is 5.78 Å². The summed E-state index contributed by atoms with van der Waals surface area (Å²) in [6.07, 6.45) is -4.62. The van der Waals surface area contributed by atoms with E-state index in [0.717, 1.165) is 23.9 Å². The number of nitrogens with zero attached hydrogens (tertiary/aromatic N) is 5. The first kappa shape index (κ1) is 22.9. The van der Waals surface area contributed by atoms with E-state index >= 15 is 0 Å². The van der Waals surface area contributed by atoms with Gasteiger partial charge in [0.05, 0.1) is 16.3 Å². The van der Waals surface area contributed by atoms with Crippen LogP contribution in [0, 0.1) is 0 Å². The number of hydrogen-bond donors (Lipinski definition) is 3. The predicted molar refractivity (Wildman–Crippen MR) is 113 cm³/mol. The standard InChI is InChI=1S/C17H18ClF3N8OS/c1-3-22-13-25-14(23-4-2)29-15(26-13)27-28-16(29)31-8-12(30)24-9-5-6-11(18)10(7-9)17(19,20)21/h5-7H,3-4,8H2,1-2H3,(H,24,30)(H2,22,23,25,26,27). The summed E-state index contributed by atoms with van der Waals surface area (Å²) in [5, 5.41) is 16.5. The van der Waals surface area contributed by atoms with Crippen LogP contribution in [0.1, 0.15) is 19.4 Å². The first-order valence-corrected chi connectivity index (χ1v) is 10.5. The van der Waals surface area contributed by atoms with Gasteiger partial charge in [0, 0.05) is 18.8 Å². The molecule has 3 aromatic rings. The third-order valence-electron chi connectivity index (χ3n) is 3.80. The number of carbonyl (C=O) groups is 1. The average Bonchev–Trinajstić information content (AvgIpc) is 3.11. The van der Waals surface area contributed by atoms with Crippen molar-refractivity contribution in [3.05, 3.63) is 28.8 Å². The maximum atomic E-state index is 13.0. The molecule has 0 atom stereocenters. The van der Waals surface area contributed by atoms with E-state index in [2.05, 4.69) is 36.1 Å². The van der Waals surface area contributed by atoms with Crippen molar-refractivity contribution in [1.82, 2.24) is 24.6 Å². The highest BCUT2D eigenvalue weighted by Gasteiger charge is 2.33. The molecule has 0 saturated carbocycles. The van der Waals surface area contributed by atoms with E-state index in [1.807, 2.05) is 13.8 Å². The van der Waals surface area contributed by atoms with Crippen LogP contribution in [0.4, 0.5) is 30.8 Å². The minimum Gasteiger partial charge on any atom is -0.355 e. The van der Waals surface area contributed by atoms with E-state index in [1.54, 1.807) is 4.40 Å². The van der Waals surface area contributed by atoms with Crippen molar-refractivity contribution in [2.75, 3.05) is 34.8 Å². The second-order valence-electron chi connectivity index (χ2n) is 6.08. The van der Waals surface area contributed by atoms with Crippen LogP contribution >= 0.6 is 23.4 Å². The van der Waals surface area contributed by atoms with Gasteiger partial charge in [0.2, 0.25) is 17.8 Å². The summed E-state index contributed by atoms with van der Waals surface area (Å²) in [5.74, 6) is 0.482. The lowest BCUT2D eigenvalue weighted by atomic mass is 10.2. The Kier molecular flexibility index (Phi) is 7.05. The zero-order valence-corrected chi connectivity index (χ0v) is 18.0. The zero-order chi connectivity index (χ0) is 22.6. The smallest absolute Gasteiger partial charge is 0.355 e. The fourth-order valence-corrected chi connectivity index (χ4v) is 3.50. The van der Waals surface area contributed by atoms with Gasteiger partial charge < -0.3 is 16.0 Å². The molecule has 2 heterocycles. The summed E-state index contributed by atoms with van der Waals surface area (Å²) in [6.45, 7) is 5.01. The van der Waals surface area contributed by atoms with E-state index in [9.17, 15) is 18.0 Å². The van der Waals surface area contributed by atoms with Crippen LogP contribution in [0.3, 0.4) is 0 Å². The highest BCUT2D eigenvalue weighted by molar-refractivity contribution is 7.99. The molecule has 1 aromatic carbocycles. The van der Waals surface area contributed by atoms with Gasteiger partial charge in [-0.15, -0.1) is 10.2 Å². The third-order valence-corrected chi connectivity index (χ3v) is 5.06. The quantitative estimate of drug-likeness (QED) is 0.423. The minimum absolute atomic E-state index is 0.0135. The Bertz CT molecular complexity index is 1090. The van der Waals surface area contributed by atoms with Crippen LogP contribution in [0.2, 0.25) is 5.02 Å². The number of carbonyl (C=O) groups excluding carboxylic acids is 1. The average molecular weight is 475 g/mol. The number of benzene rings is 1. The van der Waals surface area contributed by atoms with Gasteiger partial charge in [-0.3, -0.25) is 4.79 Å². The molecule has 0 aliphatic heterocycles. The van der Waals surface area contributed by atoms with Crippen molar-refractivity contribution in [1.29, 1.82) is 0 Å². The number of amides is 1. The highest BCUT2D eigenvalue weighted by atomic mass is 35.5. The summed E-state index contributed by atoms with van der Waals surface area (Å²) in [5.41, 5.74) is -1.03. The molecule has 9 nitrogen and oxygen atoms in total. The molecule has 0 unspecified atom stereocenters. The maximum absolute atomic E-state index is 13.0. The van der Waals surface area contributed by atoms with Crippen molar-refractivity contribution in [3.8, 4) is 0 Å². The molecule has 2 aromatic heterocycles. The van der Waals surface area contributed by atoms with Crippen LogP contribution in [-0.4, -0.2) is 49.3 Å². The lowest BCUT2D eigenvalue weighted by Gasteiger charge is -2.12. The van der Waals surface area contributed by atoms with Crippen LogP contribution < -0.4 is 16.0 Å². The van der Waals surface area contributed by atoms with Crippen molar-refractivity contribution in [2.45, 2.75) is 25.2 Å². The molecule has 0 radical (unpaired) electrons. The minimum atomic E-state index is -4.62. The summed E-state index contributed by atoms with van der Waals surface area (Å²) >= 11 is 6.64. The highest BCUT2D eigenvalue weighted by Crippen LogP contribution is 2.36. The second kappa shape index (κ2) is 9.56. The number of alkyl halides is 3. The summed E-state index contributed by atoms with van der Waals surface area (Å²) < 4.78 is 40.5. The molecular weight excluding hydrogens is 457 g/mol. The Balaban J connectivity index is 1.75. The number of hydrogen-bond acceptors (Lipinski definition) is 8. The Morgan fingerprint density at radius 3 is 2.58 bits per heavy atom. The van der Waals surface area contributed by atoms with Gasteiger partial charge in [-0.25, -0.2) is 4.40 Å². The SMILES string of the molecule is CCNc1nc(NCC)n2c(SCC(=O)Nc3ccc(Cl)c(C(F)(F)F)c3)nnc2n1. The number of nitrogens with one attached hydrogen (secondary N) is 3. The fraction of sp³-hybridized carbons (Fsp3) is 0.353. The molecule has 0 aliphatic rings. The Morgan fingerprint density at radius 2 is 1.90 bits per heavy atom. The Morgan fingerprint density at radius 1 is 1.16 bits per heavy atom. The predicted octanol–water partition coefficient (Wildman–Crippen LogP) is 3.79. The lowest BCUT2D eigenvalue weighted by Crippen LogP contribution is -2.16. The van der Waals surface area contributed by atoms with E-state index in [1.165, 1.54) is 6.07 Å². The molecule has 0 saturated heterocycles.